The number of halogens is 2. The molecule has 4 rings (SSSR count). The normalized spacial score (nSPS) is 18.7. The smallest absolute Gasteiger partial charge is 0.138 e. The van der Waals surface area contributed by atoms with Gasteiger partial charge in [-0.1, -0.05) is 29.3 Å². The van der Waals surface area contributed by atoms with Crippen molar-refractivity contribution < 1.29 is 4.74 Å². The van der Waals surface area contributed by atoms with Gasteiger partial charge in [0, 0.05) is 16.5 Å². The number of nitrogens with zero attached hydrogens (tertiary/aromatic N) is 4. The molecule has 1 aromatic heterocycles. The lowest BCUT2D eigenvalue weighted by Crippen LogP contribution is -2.20. The average Bonchev–Trinajstić information content (AvgIpc) is 3.31. The maximum absolute atomic E-state index is 9.53. The quantitative estimate of drug-likeness (QED) is 0.615. The summed E-state index contributed by atoms with van der Waals surface area (Å²) in [5.74, 6) is 0. The molecule has 1 aliphatic rings. The summed E-state index contributed by atoms with van der Waals surface area (Å²) in [7, 11) is 0. The molecule has 1 atom stereocenters. The molecule has 0 fully saturated rings. The van der Waals surface area contributed by atoms with E-state index < -0.39 is 5.60 Å². The third-order valence-electron chi connectivity index (χ3n) is 4.62. The van der Waals surface area contributed by atoms with Gasteiger partial charge in [0.25, 0.3) is 0 Å². The Balaban J connectivity index is 1.65. The summed E-state index contributed by atoms with van der Waals surface area (Å²) in [6, 6.07) is 13.3. The van der Waals surface area contributed by atoms with Crippen LogP contribution in [-0.2, 0) is 10.3 Å². The van der Waals surface area contributed by atoms with E-state index in [1.54, 1.807) is 23.3 Å². The molecule has 0 spiro atoms. The Kier molecular flexibility index (Phi) is 4.39. The summed E-state index contributed by atoms with van der Waals surface area (Å²) in [6.07, 6.45) is 5.37. The van der Waals surface area contributed by atoms with Crippen LogP contribution in [0.25, 0.3) is 11.3 Å². The van der Waals surface area contributed by atoms with Crippen LogP contribution < -0.4 is 0 Å². The van der Waals surface area contributed by atoms with Gasteiger partial charge < -0.3 is 4.74 Å². The van der Waals surface area contributed by atoms with E-state index in [0.29, 0.717) is 27.7 Å². The van der Waals surface area contributed by atoms with Crippen LogP contribution >= 0.6 is 23.2 Å². The van der Waals surface area contributed by atoms with Gasteiger partial charge >= 0.3 is 0 Å². The summed E-state index contributed by atoms with van der Waals surface area (Å²) in [6.45, 7) is 1.99. The first kappa shape index (κ1) is 17.6. The molecule has 7 heteroatoms. The number of rotatable bonds is 3. The predicted octanol–water partition coefficient (Wildman–Crippen LogP) is 5.12. The number of hydrogen-bond acceptors (Lipinski definition) is 4. The Bertz CT molecular complexity index is 1070. The molecule has 3 aromatic rings. The van der Waals surface area contributed by atoms with Gasteiger partial charge in [0.15, 0.2) is 0 Å². The SMILES string of the molecule is C[C@@]1(c2cc(Cl)cc(Cl)c2)CC(c2ccc(-n3cncn3)c(C#N)c2)=CO1. The van der Waals surface area contributed by atoms with Gasteiger partial charge in [0.1, 0.15) is 24.3 Å². The summed E-state index contributed by atoms with van der Waals surface area (Å²) in [4.78, 5) is 3.93. The van der Waals surface area contributed by atoms with Crippen LogP contribution in [0.3, 0.4) is 0 Å². The van der Waals surface area contributed by atoms with Crippen LogP contribution in [0.5, 0.6) is 0 Å². The minimum atomic E-state index is -0.568. The molecule has 0 aliphatic carbocycles. The molecule has 0 bridgehead atoms. The zero-order valence-electron chi connectivity index (χ0n) is 14.4. The van der Waals surface area contributed by atoms with Gasteiger partial charge in [-0.05, 0) is 54.0 Å². The molecular weight excluding hydrogens is 383 g/mol. The predicted molar refractivity (Wildman–Crippen MR) is 104 cm³/mol. The van der Waals surface area contributed by atoms with Crippen LogP contribution in [0.4, 0.5) is 0 Å². The second-order valence-corrected chi connectivity index (χ2v) is 7.38. The van der Waals surface area contributed by atoms with Crippen molar-refractivity contribution in [1.29, 1.82) is 5.26 Å². The molecule has 0 N–H and O–H groups in total. The topological polar surface area (TPSA) is 63.7 Å². The van der Waals surface area contributed by atoms with Crippen LogP contribution in [0.1, 0.15) is 30.0 Å². The molecule has 0 unspecified atom stereocenters. The first-order chi connectivity index (χ1) is 13.0. The van der Waals surface area contributed by atoms with Crippen LogP contribution in [-0.4, -0.2) is 14.8 Å². The molecule has 5 nitrogen and oxygen atoms in total. The zero-order chi connectivity index (χ0) is 19.0. The van der Waals surface area contributed by atoms with Crippen molar-refractivity contribution >= 4 is 28.8 Å². The van der Waals surface area contributed by atoms with Crippen molar-refractivity contribution in [3.63, 3.8) is 0 Å². The molecule has 0 amide bonds. The van der Waals surface area contributed by atoms with Crippen LogP contribution in [0, 0.1) is 11.3 Å². The minimum absolute atomic E-state index is 0.512. The standard InChI is InChI=1S/C20H14Cl2N4O/c1-20(16-5-17(21)7-18(22)6-16)8-15(10-27-20)13-2-3-19(14(4-13)9-23)26-12-24-11-25-26/h2-7,10-12H,8H2,1H3/t20-/m0/s1. The number of hydrogen-bond donors (Lipinski definition) is 0. The van der Waals surface area contributed by atoms with Crippen molar-refractivity contribution in [3.8, 4) is 11.8 Å². The van der Waals surface area contributed by atoms with E-state index in [4.69, 9.17) is 27.9 Å². The molecule has 134 valence electrons. The summed E-state index contributed by atoms with van der Waals surface area (Å²) >= 11 is 12.3. The second-order valence-electron chi connectivity index (χ2n) is 6.51. The summed E-state index contributed by atoms with van der Waals surface area (Å²) < 4.78 is 7.56. The number of ether oxygens (including phenoxy) is 1. The monoisotopic (exact) mass is 396 g/mol. The fraction of sp³-hybridized carbons (Fsp3) is 0.150. The maximum Gasteiger partial charge on any atom is 0.138 e. The molecule has 1 aliphatic heterocycles. The van der Waals surface area contributed by atoms with E-state index in [2.05, 4.69) is 16.2 Å². The van der Waals surface area contributed by atoms with Gasteiger partial charge in [0.05, 0.1) is 17.5 Å². The summed E-state index contributed by atoms with van der Waals surface area (Å²) in [5.41, 5.74) is 3.45. The lowest BCUT2D eigenvalue weighted by atomic mass is 9.88. The van der Waals surface area contributed by atoms with Crippen molar-refractivity contribution in [2.24, 2.45) is 0 Å². The third kappa shape index (κ3) is 3.30. The zero-order valence-corrected chi connectivity index (χ0v) is 15.9. The lowest BCUT2D eigenvalue weighted by molar-refractivity contribution is 0.0612. The highest BCUT2D eigenvalue weighted by atomic mass is 35.5. The Morgan fingerprint density at radius 1 is 1.19 bits per heavy atom. The first-order valence-corrected chi connectivity index (χ1v) is 8.97. The van der Waals surface area contributed by atoms with Gasteiger partial charge in [-0.3, -0.25) is 0 Å². The van der Waals surface area contributed by atoms with E-state index in [1.807, 2.05) is 37.3 Å². The van der Waals surface area contributed by atoms with Gasteiger partial charge in [-0.15, -0.1) is 0 Å². The van der Waals surface area contributed by atoms with Gasteiger partial charge in [0.2, 0.25) is 0 Å². The molecular formula is C20H14Cl2N4O. The highest BCUT2D eigenvalue weighted by Gasteiger charge is 2.35. The minimum Gasteiger partial charge on any atom is -0.490 e. The average molecular weight is 397 g/mol. The van der Waals surface area contributed by atoms with Crippen molar-refractivity contribution in [2.45, 2.75) is 18.9 Å². The Labute approximate surface area is 166 Å². The molecule has 2 aromatic carbocycles. The Morgan fingerprint density at radius 2 is 1.96 bits per heavy atom. The van der Waals surface area contributed by atoms with Crippen molar-refractivity contribution in [3.05, 3.63) is 82.1 Å². The Hall–Kier alpha value is -2.81. The first-order valence-electron chi connectivity index (χ1n) is 8.21. The molecule has 0 radical (unpaired) electrons. The van der Waals surface area contributed by atoms with Gasteiger partial charge in [-0.2, -0.15) is 10.4 Å². The van der Waals surface area contributed by atoms with Crippen LogP contribution in [0.15, 0.2) is 55.3 Å². The number of benzene rings is 2. The van der Waals surface area contributed by atoms with E-state index in [9.17, 15) is 5.26 Å². The summed E-state index contributed by atoms with van der Waals surface area (Å²) in [5, 5.41) is 14.8. The number of nitriles is 1. The highest BCUT2D eigenvalue weighted by molar-refractivity contribution is 6.34. The van der Waals surface area contributed by atoms with E-state index >= 15 is 0 Å². The largest absolute Gasteiger partial charge is 0.490 e. The van der Waals surface area contributed by atoms with E-state index in [-0.39, 0.29) is 0 Å². The Morgan fingerprint density at radius 3 is 2.63 bits per heavy atom. The van der Waals surface area contributed by atoms with E-state index in [1.165, 1.54) is 6.33 Å². The fourth-order valence-electron chi connectivity index (χ4n) is 3.21. The second kappa shape index (κ2) is 6.73. The number of aromatic nitrogens is 3. The molecule has 0 saturated carbocycles. The molecule has 0 saturated heterocycles. The van der Waals surface area contributed by atoms with Crippen LogP contribution in [0.2, 0.25) is 10.0 Å². The van der Waals surface area contributed by atoms with Crippen molar-refractivity contribution in [2.75, 3.05) is 0 Å². The molecule has 2 heterocycles. The van der Waals surface area contributed by atoms with Crippen molar-refractivity contribution in [1.82, 2.24) is 14.8 Å². The van der Waals surface area contributed by atoms with Gasteiger partial charge in [-0.25, -0.2) is 9.67 Å². The molecule has 27 heavy (non-hydrogen) atoms. The maximum atomic E-state index is 9.53. The highest BCUT2D eigenvalue weighted by Crippen LogP contribution is 2.43. The van der Waals surface area contributed by atoms with E-state index in [0.717, 1.165) is 16.7 Å². The lowest BCUT2D eigenvalue weighted by Gasteiger charge is -2.25. The fourth-order valence-corrected chi connectivity index (χ4v) is 3.73. The third-order valence-corrected chi connectivity index (χ3v) is 5.05.